The summed E-state index contributed by atoms with van der Waals surface area (Å²) in [6.07, 6.45) is 5.32. The van der Waals surface area contributed by atoms with Crippen LogP contribution in [0, 0.1) is 16.7 Å². The third-order valence-corrected chi connectivity index (χ3v) is 3.73. The van der Waals surface area contributed by atoms with E-state index in [2.05, 4.69) is 6.07 Å². The molecule has 0 aliphatic heterocycles. The Hall–Kier alpha value is -0.550. The minimum Gasteiger partial charge on any atom is -0.388 e. The number of aliphatic hydroxyl groups is 1. The third kappa shape index (κ3) is 1.46. The van der Waals surface area contributed by atoms with Gasteiger partial charge in [-0.05, 0) is 25.7 Å². The van der Waals surface area contributed by atoms with Crippen LogP contribution in [0.2, 0.25) is 0 Å². The van der Waals surface area contributed by atoms with E-state index in [0.29, 0.717) is 12.8 Å². The first-order valence-electron chi connectivity index (χ1n) is 5.28. The maximum absolute atomic E-state index is 10.4. The lowest BCUT2D eigenvalue weighted by molar-refractivity contribution is -0.0591. The van der Waals surface area contributed by atoms with Crippen molar-refractivity contribution < 1.29 is 5.11 Å². The molecule has 74 valence electrons. The second-order valence-electron chi connectivity index (χ2n) is 4.14. The average Bonchev–Trinajstić information content (AvgIpc) is 2.66. The summed E-state index contributed by atoms with van der Waals surface area (Å²) in [6.45, 7) is 3.95. The Morgan fingerprint density at radius 3 is 2.08 bits per heavy atom. The van der Waals surface area contributed by atoms with Gasteiger partial charge in [0.15, 0.2) is 0 Å². The van der Waals surface area contributed by atoms with Crippen molar-refractivity contribution in [3.05, 3.63) is 0 Å². The molecule has 0 saturated heterocycles. The quantitative estimate of drug-likeness (QED) is 0.727. The lowest BCUT2D eigenvalue weighted by Gasteiger charge is -2.39. The van der Waals surface area contributed by atoms with E-state index in [9.17, 15) is 10.4 Å². The van der Waals surface area contributed by atoms with E-state index >= 15 is 0 Å². The van der Waals surface area contributed by atoms with E-state index in [-0.39, 0.29) is 0 Å². The van der Waals surface area contributed by atoms with E-state index in [4.69, 9.17) is 0 Å². The molecule has 1 saturated carbocycles. The van der Waals surface area contributed by atoms with Crippen LogP contribution in [0.25, 0.3) is 0 Å². The van der Waals surface area contributed by atoms with Crippen LogP contribution in [0.5, 0.6) is 0 Å². The maximum atomic E-state index is 10.4. The largest absolute Gasteiger partial charge is 0.388 e. The molecule has 0 aromatic heterocycles. The Labute approximate surface area is 80.6 Å². The zero-order valence-corrected chi connectivity index (χ0v) is 8.64. The van der Waals surface area contributed by atoms with Gasteiger partial charge in [-0.3, -0.25) is 0 Å². The summed E-state index contributed by atoms with van der Waals surface area (Å²) in [7, 11) is 0. The summed E-state index contributed by atoms with van der Waals surface area (Å²) >= 11 is 0. The Kier molecular flexibility index (Phi) is 2.98. The number of rotatable bonds is 3. The Morgan fingerprint density at radius 1 is 1.31 bits per heavy atom. The molecule has 13 heavy (non-hydrogen) atoms. The molecule has 1 rings (SSSR count). The number of nitriles is 1. The molecule has 2 nitrogen and oxygen atoms in total. The first-order valence-corrected chi connectivity index (χ1v) is 5.28. The van der Waals surface area contributed by atoms with Crippen molar-refractivity contribution in [3.63, 3.8) is 0 Å². The van der Waals surface area contributed by atoms with Crippen LogP contribution in [0.4, 0.5) is 0 Å². The second kappa shape index (κ2) is 3.67. The minimum atomic E-state index is -0.752. The van der Waals surface area contributed by atoms with Crippen LogP contribution < -0.4 is 0 Å². The van der Waals surface area contributed by atoms with Crippen molar-refractivity contribution in [2.75, 3.05) is 0 Å². The molecule has 0 bridgehead atoms. The monoisotopic (exact) mass is 181 g/mol. The van der Waals surface area contributed by atoms with E-state index in [1.54, 1.807) is 0 Å². The molecule has 1 fully saturated rings. The summed E-state index contributed by atoms with van der Waals surface area (Å²) in [6, 6.07) is 2.37. The van der Waals surface area contributed by atoms with Gasteiger partial charge in [-0.1, -0.05) is 26.7 Å². The fourth-order valence-electron chi connectivity index (χ4n) is 2.59. The molecule has 0 heterocycles. The standard InChI is InChI=1S/C11H19NO/c1-3-11(13,4-2)10(9-12)7-5-6-8-10/h13H,3-8H2,1-2H3. The van der Waals surface area contributed by atoms with Crippen LogP contribution in [-0.2, 0) is 0 Å². The Balaban J connectivity index is 2.93. The van der Waals surface area contributed by atoms with Crippen LogP contribution in [0.3, 0.4) is 0 Å². The van der Waals surface area contributed by atoms with Crippen molar-refractivity contribution in [1.82, 2.24) is 0 Å². The summed E-state index contributed by atoms with van der Waals surface area (Å²) in [4.78, 5) is 0. The highest BCUT2D eigenvalue weighted by atomic mass is 16.3. The third-order valence-electron chi connectivity index (χ3n) is 3.73. The minimum absolute atomic E-state index is 0.448. The molecule has 0 aromatic rings. The number of hydrogen-bond acceptors (Lipinski definition) is 2. The zero-order valence-electron chi connectivity index (χ0n) is 8.64. The first-order chi connectivity index (χ1) is 6.14. The summed E-state index contributed by atoms with van der Waals surface area (Å²) in [5.74, 6) is 0. The van der Waals surface area contributed by atoms with Gasteiger partial charge in [-0.25, -0.2) is 0 Å². The van der Waals surface area contributed by atoms with E-state index < -0.39 is 11.0 Å². The van der Waals surface area contributed by atoms with Gasteiger partial charge in [-0.2, -0.15) is 5.26 Å². The van der Waals surface area contributed by atoms with Gasteiger partial charge >= 0.3 is 0 Å². The van der Waals surface area contributed by atoms with Crippen molar-refractivity contribution >= 4 is 0 Å². The van der Waals surface area contributed by atoms with Crippen LogP contribution >= 0.6 is 0 Å². The number of hydrogen-bond donors (Lipinski definition) is 1. The fourth-order valence-corrected chi connectivity index (χ4v) is 2.59. The van der Waals surface area contributed by atoms with Gasteiger partial charge in [-0.15, -0.1) is 0 Å². The zero-order chi connectivity index (χ0) is 9.95. The summed E-state index contributed by atoms with van der Waals surface area (Å²) < 4.78 is 0. The smallest absolute Gasteiger partial charge is 0.0860 e. The Bertz CT molecular complexity index is 207. The molecule has 1 N–H and O–H groups in total. The van der Waals surface area contributed by atoms with E-state index in [1.165, 1.54) is 0 Å². The van der Waals surface area contributed by atoms with E-state index in [1.807, 2.05) is 13.8 Å². The van der Waals surface area contributed by atoms with Crippen LogP contribution in [-0.4, -0.2) is 10.7 Å². The molecule has 1 aliphatic rings. The molecule has 0 unspecified atom stereocenters. The first kappa shape index (κ1) is 10.5. The maximum Gasteiger partial charge on any atom is 0.0860 e. The second-order valence-corrected chi connectivity index (χ2v) is 4.14. The molecule has 2 heteroatoms. The van der Waals surface area contributed by atoms with Gasteiger partial charge in [0.25, 0.3) is 0 Å². The number of nitrogens with zero attached hydrogens (tertiary/aromatic N) is 1. The molecule has 0 amide bonds. The van der Waals surface area contributed by atoms with Crippen molar-refractivity contribution in [3.8, 4) is 6.07 Å². The predicted molar refractivity (Wildman–Crippen MR) is 52.0 cm³/mol. The molecule has 0 aromatic carbocycles. The van der Waals surface area contributed by atoms with Gasteiger partial charge in [0.1, 0.15) is 0 Å². The SMILES string of the molecule is CCC(O)(CC)C1(C#N)CCCC1. The van der Waals surface area contributed by atoms with Gasteiger partial charge in [0.05, 0.1) is 17.1 Å². The lowest BCUT2D eigenvalue weighted by Crippen LogP contribution is -2.44. The highest BCUT2D eigenvalue weighted by Gasteiger charge is 2.49. The topological polar surface area (TPSA) is 44.0 Å². The van der Waals surface area contributed by atoms with Gasteiger partial charge in [0, 0.05) is 0 Å². The van der Waals surface area contributed by atoms with Crippen molar-refractivity contribution in [1.29, 1.82) is 5.26 Å². The molecule has 0 spiro atoms. The predicted octanol–water partition coefficient (Wildman–Crippen LogP) is 2.62. The lowest BCUT2D eigenvalue weighted by atomic mass is 9.68. The van der Waals surface area contributed by atoms with Gasteiger partial charge in [0.2, 0.25) is 0 Å². The van der Waals surface area contributed by atoms with Gasteiger partial charge < -0.3 is 5.11 Å². The molecule has 1 aliphatic carbocycles. The normalized spacial score (nSPS) is 21.4. The highest BCUT2D eigenvalue weighted by Crippen LogP contribution is 2.48. The van der Waals surface area contributed by atoms with Crippen LogP contribution in [0.15, 0.2) is 0 Å². The average molecular weight is 181 g/mol. The summed E-state index contributed by atoms with van der Waals surface area (Å²) in [5, 5.41) is 19.6. The van der Waals surface area contributed by atoms with Crippen molar-refractivity contribution in [2.24, 2.45) is 5.41 Å². The molecule has 0 atom stereocenters. The Morgan fingerprint density at radius 2 is 1.77 bits per heavy atom. The fraction of sp³-hybridized carbons (Fsp3) is 0.909. The summed E-state index contributed by atoms with van der Waals surface area (Å²) in [5.41, 5.74) is -1.20. The van der Waals surface area contributed by atoms with E-state index in [0.717, 1.165) is 25.7 Å². The van der Waals surface area contributed by atoms with Crippen molar-refractivity contribution in [2.45, 2.75) is 58.0 Å². The molecule has 0 radical (unpaired) electrons. The highest BCUT2D eigenvalue weighted by molar-refractivity contribution is 5.12. The molecular formula is C11H19NO. The van der Waals surface area contributed by atoms with Crippen LogP contribution in [0.1, 0.15) is 52.4 Å². The molecular weight excluding hydrogens is 162 g/mol.